The summed E-state index contributed by atoms with van der Waals surface area (Å²) < 4.78 is 4.88. The van der Waals surface area contributed by atoms with Gasteiger partial charge in [0.15, 0.2) is 0 Å². The van der Waals surface area contributed by atoms with Gasteiger partial charge in [0.2, 0.25) is 0 Å². The van der Waals surface area contributed by atoms with E-state index in [1.807, 2.05) is 0 Å². The molecule has 0 N–H and O–H groups in total. The topological polar surface area (TPSA) is 4.93 Å². The number of para-hydroxylation sites is 1. The van der Waals surface area contributed by atoms with Crippen molar-refractivity contribution in [2.24, 2.45) is 7.05 Å². The van der Waals surface area contributed by atoms with Crippen molar-refractivity contribution in [3.05, 3.63) is 43.5 Å². The molecule has 0 saturated carbocycles. The largest absolute Gasteiger partial charge is 0.343 e. The lowest BCUT2D eigenvalue weighted by molar-refractivity contribution is 1.01. The zero-order valence-electron chi connectivity index (χ0n) is 8.67. The summed E-state index contributed by atoms with van der Waals surface area (Å²) in [5, 5.41) is 2.70. The van der Waals surface area contributed by atoms with Crippen LogP contribution >= 0.6 is 45.2 Å². The van der Waals surface area contributed by atoms with Gasteiger partial charge in [-0.1, -0.05) is 12.1 Å². The van der Waals surface area contributed by atoms with Crippen molar-refractivity contribution in [2.75, 3.05) is 0 Å². The molecule has 0 spiro atoms. The minimum atomic E-state index is 1.29. The first-order chi connectivity index (χ1) is 7.68. The highest BCUT2D eigenvalue weighted by Crippen LogP contribution is 2.31. The number of rotatable bonds is 0. The Morgan fingerprint density at radius 2 is 1.81 bits per heavy atom. The summed E-state index contributed by atoms with van der Waals surface area (Å²) in [6.45, 7) is 0. The van der Waals surface area contributed by atoms with Gasteiger partial charge in [0.1, 0.15) is 0 Å². The van der Waals surface area contributed by atoms with Gasteiger partial charge < -0.3 is 4.57 Å². The predicted molar refractivity (Wildman–Crippen MR) is 85.9 cm³/mol. The highest BCUT2D eigenvalue weighted by atomic mass is 127. The van der Waals surface area contributed by atoms with Crippen molar-refractivity contribution >= 4 is 67.0 Å². The first-order valence-electron chi connectivity index (χ1n) is 5.00. The summed E-state index contributed by atoms with van der Waals surface area (Å²) in [6.07, 6.45) is 0. The normalized spacial score (nSPS) is 11.4. The second kappa shape index (κ2) is 3.87. The van der Waals surface area contributed by atoms with Crippen LogP contribution in [0.5, 0.6) is 0 Å². The van der Waals surface area contributed by atoms with Crippen LogP contribution in [0.15, 0.2) is 36.4 Å². The fourth-order valence-electron chi connectivity index (χ4n) is 2.21. The lowest BCUT2D eigenvalue weighted by atomic mass is 10.2. The molecule has 2 aromatic carbocycles. The number of halogens is 2. The average molecular weight is 433 g/mol. The average Bonchev–Trinajstić information content (AvgIpc) is 2.54. The van der Waals surface area contributed by atoms with Crippen LogP contribution in [0, 0.1) is 7.14 Å². The van der Waals surface area contributed by atoms with Crippen molar-refractivity contribution in [2.45, 2.75) is 0 Å². The van der Waals surface area contributed by atoms with E-state index in [1.165, 1.54) is 28.9 Å². The maximum Gasteiger partial charge on any atom is 0.0624 e. The molecular weight excluding hydrogens is 424 g/mol. The molecule has 0 amide bonds. The number of fused-ring (bicyclic) bond motifs is 3. The first-order valence-corrected chi connectivity index (χ1v) is 7.16. The SMILES string of the molecule is Cn1c2ccc(I)cc2c2cccc(I)c21. The van der Waals surface area contributed by atoms with Crippen LogP contribution in [0.3, 0.4) is 0 Å². The molecule has 16 heavy (non-hydrogen) atoms. The molecule has 0 fully saturated rings. The Labute approximate surface area is 121 Å². The van der Waals surface area contributed by atoms with Gasteiger partial charge in [-0.25, -0.2) is 0 Å². The molecule has 3 heteroatoms. The smallest absolute Gasteiger partial charge is 0.0624 e. The van der Waals surface area contributed by atoms with Crippen molar-refractivity contribution in [3.63, 3.8) is 0 Å². The highest BCUT2D eigenvalue weighted by molar-refractivity contribution is 14.1. The maximum atomic E-state index is 2.40. The van der Waals surface area contributed by atoms with Crippen LogP contribution in [0.2, 0.25) is 0 Å². The van der Waals surface area contributed by atoms with E-state index in [0.29, 0.717) is 0 Å². The first kappa shape index (κ1) is 10.8. The van der Waals surface area contributed by atoms with E-state index in [1.54, 1.807) is 0 Å². The molecule has 80 valence electrons. The van der Waals surface area contributed by atoms with Crippen molar-refractivity contribution < 1.29 is 0 Å². The summed E-state index contributed by atoms with van der Waals surface area (Å²) in [7, 11) is 2.14. The van der Waals surface area contributed by atoms with E-state index in [2.05, 4.69) is 93.2 Å². The zero-order chi connectivity index (χ0) is 11.3. The molecule has 1 heterocycles. The Kier molecular flexibility index (Phi) is 2.62. The quantitative estimate of drug-likeness (QED) is 0.459. The Morgan fingerprint density at radius 1 is 1.00 bits per heavy atom. The fourth-order valence-corrected chi connectivity index (χ4v) is 3.56. The number of hydrogen-bond donors (Lipinski definition) is 0. The number of benzene rings is 2. The van der Waals surface area contributed by atoms with Crippen molar-refractivity contribution in [3.8, 4) is 0 Å². The van der Waals surface area contributed by atoms with Crippen LogP contribution in [0.1, 0.15) is 0 Å². The van der Waals surface area contributed by atoms with E-state index in [-0.39, 0.29) is 0 Å². The third kappa shape index (κ3) is 1.48. The molecule has 0 saturated heterocycles. The van der Waals surface area contributed by atoms with E-state index in [9.17, 15) is 0 Å². The minimum absolute atomic E-state index is 1.29. The van der Waals surface area contributed by atoms with E-state index >= 15 is 0 Å². The molecule has 0 aliphatic heterocycles. The Morgan fingerprint density at radius 3 is 2.62 bits per heavy atom. The summed E-state index contributed by atoms with van der Waals surface area (Å²) in [5.41, 5.74) is 2.64. The summed E-state index contributed by atoms with van der Waals surface area (Å²) >= 11 is 4.77. The molecule has 0 bridgehead atoms. The standard InChI is InChI=1S/C13H9I2N/c1-16-12-6-5-8(14)7-10(12)9-3-2-4-11(15)13(9)16/h2-7H,1H3. The Balaban J connectivity index is 2.65. The molecular formula is C13H9I2N. The number of nitrogens with zero attached hydrogens (tertiary/aromatic N) is 1. The molecule has 0 radical (unpaired) electrons. The minimum Gasteiger partial charge on any atom is -0.343 e. The molecule has 3 aromatic rings. The van der Waals surface area contributed by atoms with Crippen LogP contribution in [-0.2, 0) is 7.05 Å². The monoisotopic (exact) mass is 433 g/mol. The molecule has 0 atom stereocenters. The lowest BCUT2D eigenvalue weighted by Gasteiger charge is -1.99. The van der Waals surface area contributed by atoms with Crippen LogP contribution in [0.25, 0.3) is 21.8 Å². The van der Waals surface area contributed by atoms with E-state index < -0.39 is 0 Å². The summed E-state index contributed by atoms with van der Waals surface area (Å²) in [4.78, 5) is 0. The summed E-state index contributed by atoms with van der Waals surface area (Å²) in [6, 6.07) is 13.1. The van der Waals surface area contributed by atoms with Gasteiger partial charge in [-0.2, -0.15) is 0 Å². The van der Waals surface area contributed by atoms with Crippen LogP contribution in [0.4, 0.5) is 0 Å². The van der Waals surface area contributed by atoms with Gasteiger partial charge in [-0.05, 0) is 69.4 Å². The number of hydrogen-bond acceptors (Lipinski definition) is 0. The second-order valence-corrected chi connectivity index (χ2v) is 6.26. The summed E-state index contributed by atoms with van der Waals surface area (Å²) in [5.74, 6) is 0. The van der Waals surface area contributed by atoms with Crippen LogP contribution in [-0.4, -0.2) is 4.57 Å². The molecule has 0 unspecified atom stereocenters. The third-order valence-electron chi connectivity index (χ3n) is 2.93. The van der Waals surface area contributed by atoms with Crippen LogP contribution < -0.4 is 0 Å². The number of aromatic nitrogens is 1. The predicted octanol–water partition coefficient (Wildman–Crippen LogP) is 4.54. The molecule has 1 aromatic heterocycles. The second-order valence-electron chi connectivity index (χ2n) is 3.86. The molecule has 3 rings (SSSR count). The van der Waals surface area contributed by atoms with Gasteiger partial charge in [0.05, 0.1) is 5.52 Å². The van der Waals surface area contributed by atoms with Gasteiger partial charge in [0.25, 0.3) is 0 Å². The Hall–Kier alpha value is -0.300. The fraction of sp³-hybridized carbons (Fsp3) is 0.0769. The van der Waals surface area contributed by atoms with Gasteiger partial charge in [0, 0.05) is 30.5 Å². The third-order valence-corrected chi connectivity index (χ3v) is 4.47. The van der Waals surface area contributed by atoms with Gasteiger partial charge in [-0.3, -0.25) is 0 Å². The van der Waals surface area contributed by atoms with Crippen molar-refractivity contribution in [1.82, 2.24) is 4.57 Å². The zero-order valence-corrected chi connectivity index (χ0v) is 13.0. The lowest BCUT2D eigenvalue weighted by Crippen LogP contribution is -1.88. The van der Waals surface area contributed by atoms with E-state index in [4.69, 9.17) is 0 Å². The van der Waals surface area contributed by atoms with Gasteiger partial charge in [-0.15, -0.1) is 0 Å². The molecule has 1 nitrogen and oxygen atoms in total. The van der Waals surface area contributed by atoms with E-state index in [0.717, 1.165) is 0 Å². The molecule has 0 aliphatic rings. The molecule has 0 aliphatic carbocycles. The maximum absolute atomic E-state index is 2.40. The number of aryl methyl sites for hydroxylation is 1. The van der Waals surface area contributed by atoms with Gasteiger partial charge >= 0.3 is 0 Å². The van der Waals surface area contributed by atoms with Crippen molar-refractivity contribution in [1.29, 1.82) is 0 Å². The Bertz CT molecular complexity index is 698. The highest BCUT2D eigenvalue weighted by Gasteiger charge is 2.09.